The van der Waals surface area contributed by atoms with Crippen molar-refractivity contribution in [3.63, 3.8) is 0 Å². The number of benzene rings is 1. The van der Waals surface area contributed by atoms with Crippen LogP contribution in [0, 0.1) is 0 Å². The lowest BCUT2D eigenvalue weighted by Gasteiger charge is -2.09. The SMILES string of the molecule is CCC=COP(=O)(O)c1ccccc1. The standard InChI is InChI=1S/C10H13O3P/c1-2-3-9-13-14(11,12)10-7-5-4-6-8-10/h3-9H,2H2,1H3,(H,11,12). The van der Waals surface area contributed by atoms with Crippen LogP contribution in [0.5, 0.6) is 0 Å². The summed E-state index contributed by atoms with van der Waals surface area (Å²) in [7, 11) is -3.66. The van der Waals surface area contributed by atoms with Crippen molar-refractivity contribution in [1.82, 2.24) is 0 Å². The van der Waals surface area contributed by atoms with Crippen molar-refractivity contribution in [3.8, 4) is 0 Å². The van der Waals surface area contributed by atoms with E-state index in [1.54, 1.807) is 36.4 Å². The molecule has 1 N–H and O–H groups in total. The molecule has 4 heteroatoms. The highest BCUT2D eigenvalue weighted by molar-refractivity contribution is 7.61. The lowest BCUT2D eigenvalue weighted by atomic mass is 10.4. The lowest BCUT2D eigenvalue weighted by Crippen LogP contribution is -2.03. The van der Waals surface area contributed by atoms with Gasteiger partial charge in [0.05, 0.1) is 11.6 Å². The van der Waals surface area contributed by atoms with Gasteiger partial charge in [-0.05, 0) is 24.6 Å². The number of hydrogen-bond acceptors (Lipinski definition) is 2. The first-order valence-electron chi connectivity index (χ1n) is 4.38. The van der Waals surface area contributed by atoms with Gasteiger partial charge in [0.1, 0.15) is 0 Å². The molecular formula is C10H13O3P. The predicted molar refractivity (Wildman–Crippen MR) is 56.4 cm³/mol. The Morgan fingerprint density at radius 1 is 1.43 bits per heavy atom. The van der Waals surface area contributed by atoms with Crippen LogP contribution in [0.4, 0.5) is 0 Å². The molecule has 0 spiro atoms. The van der Waals surface area contributed by atoms with Gasteiger partial charge in [0.2, 0.25) is 0 Å². The Morgan fingerprint density at radius 3 is 2.64 bits per heavy atom. The highest BCUT2D eigenvalue weighted by Crippen LogP contribution is 2.40. The van der Waals surface area contributed by atoms with Crippen LogP contribution in [0.1, 0.15) is 13.3 Å². The fraction of sp³-hybridized carbons (Fsp3) is 0.200. The molecule has 0 fully saturated rings. The molecule has 76 valence electrons. The Balaban J connectivity index is 2.76. The zero-order valence-electron chi connectivity index (χ0n) is 7.96. The van der Waals surface area contributed by atoms with Crippen LogP contribution < -0.4 is 5.30 Å². The molecule has 1 aromatic carbocycles. The van der Waals surface area contributed by atoms with Gasteiger partial charge in [-0.1, -0.05) is 25.1 Å². The third-order valence-electron chi connectivity index (χ3n) is 1.62. The molecule has 1 unspecified atom stereocenters. The average Bonchev–Trinajstić information content (AvgIpc) is 2.19. The molecule has 0 aliphatic carbocycles. The van der Waals surface area contributed by atoms with Gasteiger partial charge in [-0.2, -0.15) is 0 Å². The zero-order chi connectivity index (χ0) is 10.4. The van der Waals surface area contributed by atoms with Crippen LogP contribution in [-0.4, -0.2) is 4.89 Å². The number of rotatable bonds is 4. The van der Waals surface area contributed by atoms with E-state index in [2.05, 4.69) is 0 Å². The van der Waals surface area contributed by atoms with Crippen molar-refractivity contribution in [2.75, 3.05) is 0 Å². The average molecular weight is 212 g/mol. The largest absolute Gasteiger partial charge is 0.430 e. The summed E-state index contributed by atoms with van der Waals surface area (Å²) in [5.41, 5.74) is 0. The van der Waals surface area contributed by atoms with Gasteiger partial charge >= 0.3 is 7.60 Å². The van der Waals surface area contributed by atoms with Gasteiger partial charge in [-0.3, -0.25) is 0 Å². The molecule has 0 amide bonds. The molecule has 0 saturated heterocycles. The second-order valence-corrected chi connectivity index (χ2v) is 4.51. The summed E-state index contributed by atoms with van der Waals surface area (Å²) < 4.78 is 16.4. The Hall–Kier alpha value is -1.05. The minimum absolute atomic E-state index is 0.306. The summed E-state index contributed by atoms with van der Waals surface area (Å²) in [6, 6.07) is 8.32. The van der Waals surface area contributed by atoms with Crippen molar-refractivity contribution >= 4 is 12.9 Å². The van der Waals surface area contributed by atoms with E-state index in [1.807, 2.05) is 6.92 Å². The summed E-state index contributed by atoms with van der Waals surface area (Å²) in [5, 5.41) is 0.306. The summed E-state index contributed by atoms with van der Waals surface area (Å²) in [6.45, 7) is 1.92. The van der Waals surface area contributed by atoms with E-state index in [4.69, 9.17) is 4.52 Å². The van der Waals surface area contributed by atoms with Crippen LogP contribution in [0.25, 0.3) is 0 Å². The van der Waals surface area contributed by atoms with Crippen molar-refractivity contribution in [1.29, 1.82) is 0 Å². The van der Waals surface area contributed by atoms with E-state index >= 15 is 0 Å². The van der Waals surface area contributed by atoms with Gasteiger partial charge in [-0.25, -0.2) is 4.57 Å². The molecule has 0 saturated carbocycles. The lowest BCUT2D eigenvalue weighted by molar-refractivity contribution is 0.360. The minimum Gasteiger partial charge on any atom is -0.430 e. The van der Waals surface area contributed by atoms with E-state index in [9.17, 15) is 9.46 Å². The van der Waals surface area contributed by atoms with E-state index in [0.717, 1.165) is 6.42 Å². The Bertz CT molecular complexity index is 346. The van der Waals surface area contributed by atoms with Crippen LogP contribution >= 0.6 is 7.60 Å². The topological polar surface area (TPSA) is 46.5 Å². The fourth-order valence-corrected chi connectivity index (χ4v) is 1.82. The summed E-state index contributed by atoms with van der Waals surface area (Å²) in [5.74, 6) is 0. The first-order chi connectivity index (χ1) is 6.67. The predicted octanol–water partition coefficient (Wildman–Crippen LogP) is 2.44. The van der Waals surface area contributed by atoms with Crippen molar-refractivity contribution in [3.05, 3.63) is 42.7 Å². The van der Waals surface area contributed by atoms with Gasteiger partial charge in [0.15, 0.2) is 0 Å². The Morgan fingerprint density at radius 2 is 2.07 bits per heavy atom. The van der Waals surface area contributed by atoms with Gasteiger partial charge in [0, 0.05) is 0 Å². The normalized spacial score (nSPS) is 15.3. The van der Waals surface area contributed by atoms with Gasteiger partial charge in [-0.15, -0.1) is 0 Å². The van der Waals surface area contributed by atoms with Crippen molar-refractivity contribution in [2.24, 2.45) is 0 Å². The number of hydrogen-bond donors (Lipinski definition) is 1. The first kappa shape index (κ1) is 11.0. The zero-order valence-corrected chi connectivity index (χ0v) is 8.85. The molecule has 14 heavy (non-hydrogen) atoms. The maximum absolute atomic E-state index is 11.6. The molecule has 1 aromatic rings. The molecular weight excluding hydrogens is 199 g/mol. The minimum atomic E-state index is -3.66. The van der Waals surface area contributed by atoms with E-state index in [0.29, 0.717) is 5.30 Å². The van der Waals surface area contributed by atoms with E-state index in [1.165, 1.54) is 6.26 Å². The first-order valence-corrected chi connectivity index (χ1v) is 5.96. The van der Waals surface area contributed by atoms with Gasteiger partial charge < -0.3 is 9.42 Å². The van der Waals surface area contributed by atoms with Crippen LogP contribution in [0.15, 0.2) is 42.7 Å². The molecule has 3 nitrogen and oxygen atoms in total. The third-order valence-corrected chi connectivity index (χ3v) is 2.98. The highest BCUT2D eigenvalue weighted by Gasteiger charge is 2.21. The highest BCUT2D eigenvalue weighted by atomic mass is 31.2. The summed E-state index contributed by atoms with van der Waals surface area (Å²) in [4.78, 5) is 9.49. The monoisotopic (exact) mass is 212 g/mol. The van der Waals surface area contributed by atoms with E-state index < -0.39 is 7.60 Å². The molecule has 0 radical (unpaired) electrons. The van der Waals surface area contributed by atoms with Crippen molar-refractivity contribution in [2.45, 2.75) is 13.3 Å². The van der Waals surface area contributed by atoms with Crippen LogP contribution in [-0.2, 0) is 9.09 Å². The summed E-state index contributed by atoms with van der Waals surface area (Å²) >= 11 is 0. The molecule has 0 aliphatic rings. The van der Waals surface area contributed by atoms with E-state index in [-0.39, 0.29) is 0 Å². The molecule has 1 atom stereocenters. The maximum Gasteiger partial charge on any atom is 0.407 e. The quantitative estimate of drug-likeness (QED) is 0.615. The van der Waals surface area contributed by atoms with Crippen LogP contribution in [0.3, 0.4) is 0 Å². The molecule has 0 bridgehead atoms. The number of allylic oxidation sites excluding steroid dienone is 1. The van der Waals surface area contributed by atoms with Crippen LogP contribution in [0.2, 0.25) is 0 Å². The second kappa shape index (κ2) is 4.99. The molecule has 0 heterocycles. The van der Waals surface area contributed by atoms with Gasteiger partial charge in [0.25, 0.3) is 0 Å². The smallest absolute Gasteiger partial charge is 0.407 e. The molecule has 0 aliphatic heterocycles. The summed E-state index contributed by atoms with van der Waals surface area (Å²) in [6.07, 6.45) is 3.73. The Labute approximate surface area is 83.6 Å². The third kappa shape index (κ3) is 3.02. The second-order valence-electron chi connectivity index (χ2n) is 2.74. The maximum atomic E-state index is 11.6. The Kier molecular flexibility index (Phi) is 3.93. The fourth-order valence-electron chi connectivity index (χ4n) is 0.899. The molecule has 1 rings (SSSR count). The van der Waals surface area contributed by atoms with Crippen molar-refractivity contribution < 1.29 is 14.0 Å². The molecule has 0 aromatic heterocycles.